The van der Waals surface area contributed by atoms with Crippen LogP contribution in [0.1, 0.15) is 32.1 Å². The lowest BCUT2D eigenvalue weighted by atomic mass is 9.89. The molecule has 1 aromatic heterocycles. The highest BCUT2D eigenvalue weighted by Crippen LogP contribution is 2.33. The van der Waals surface area contributed by atoms with Gasteiger partial charge in [0, 0.05) is 29.4 Å². The van der Waals surface area contributed by atoms with Gasteiger partial charge in [-0.1, -0.05) is 12.1 Å². The summed E-state index contributed by atoms with van der Waals surface area (Å²) in [4.78, 5) is 16.7. The van der Waals surface area contributed by atoms with Gasteiger partial charge >= 0.3 is 0 Å². The van der Waals surface area contributed by atoms with E-state index in [2.05, 4.69) is 15.6 Å². The summed E-state index contributed by atoms with van der Waals surface area (Å²) < 4.78 is 13.3. The zero-order valence-corrected chi connectivity index (χ0v) is 14.1. The van der Waals surface area contributed by atoms with E-state index in [9.17, 15) is 9.18 Å². The van der Waals surface area contributed by atoms with Crippen LogP contribution in [0.4, 0.5) is 9.52 Å². The van der Waals surface area contributed by atoms with E-state index in [1.165, 1.54) is 36.3 Å². The van der Waals surface area contributed by atoms with Crippen LogP contribution in [0.5, 0.6) is 0 Å². The standard InChI is InChI=1S/C18H20FN3OS/c19-13-3-1-2-12(9-13)16-10-24-18(21-16)22-17(23)8-11-6-14-4-5-15(7-11)20-14/h1-3,9-11,14-15,20H,4-8H2,(H,21,22,23). The summed E-state index contributed by atoms with van der Waals surface area (Å²) in [6, 6.07) is 7.53. The van der Waals surface area contributed by atoms with E-state index >= 15 is 0 Å². The molecule has 4 nitrogen and oxygen atoms in total. The average molecular weight is 345 g/mol. The Bertz CT molecular complexity index is 735. The lowest BCUT2D eigenvalue weighted by Gasteiger charge is -2.28. The van der Waals surface area contributed by atoms with Crippen molar-refractivity contribution < 1.29 is 9.18 Å². The number of nitrogens with zero attached hydrogens (tertiary/aromatic N) is 1. The number of hydrogen-bond acceptors (Lipinski definition) is 4. The highest BCUT2D eigenvalue weighted by molar-refractivity contribution is 7.14. The van der Waals surface area contributed by atoms with Crippen LogP contribution in [0, 0.1) is 11.7 Å². The zero-order valence-electron chi connectivity index (χ0n) is 13.3. The van der Waals surface area contributed by atoms with Gasteiger partial charge in [-0.25, -0.2) is 9.37 Å². The van der Waals surface area contributed by atoms with Gasteiger partial charge in [-0.15, -0.1) is 11.3 Å². The van der Waals surface area contributed by atoms with E-state index in [0.717, 1.165) is 18.4 Å². The Labute approximate surface area is 144 Å². The van der Waals surface area contributed by atoms with Gasteiger partial charge in [0.15, 0.2) is 5.13 Å². The highest BCUT2D eigenvalue weighted by atomic mass is 32.1. The van der Waals surface area contributed by atoms with E-state index < -0.39 is 0 Å². The van der Waals surface area contributed by atoms with Crippen LogP contribution in [-0.2, 0) is 4.79 Å². The minimum atomic E-state index is -0.286. The van der Waals surface area contributed by atoms with Crippen molar-refractivity contribution in [2.24, 2.45) is 5.92 Å². The molecule has 0 saturated carbocycles. The summed E-state index contributed by atoms with van der Waals surface area (Å²) in [5.41, 5.74) is 1.41. The molecule has 3 heterocycles. The van der Waals surface area contributed by atoms with Crippen molar-refractivity contribution in [1.29, 1.82) is 0 Å². The van der Waals surface area contributed by atoms with Crippen LogP contribution >= 0.6 is 11.3 Å². The lowest BCUT2D eigenvalue weighted by Crippen LogP contribution is -2.39. The van der Waals surface area contributed by atoms with Crippen molar-refractivity contribution >= 4 is 22.4 Å². The Kier molecular flexibility index (Phi) is 4.33. The molecule has 126 valence electrons. The first kappa shape index (κ1) is 15.7. The summed E-state index contributed by atoms with van der Waals surface area (Å²) in [5.74, 6) is 0.208. The van der Waals surface area contributed by atoms with Crippen LogP contribution in [0.2, 0.25) is 0 Å². The Hall–Kier alpha value is -1.79. The number of anilines is 1. The van der Waals surface area contributed by atoms with Gasteiger partial charge in [-0.05, 0) is 43.7 Å². The van der Waals surface area contributed by atoms with Crippen molar-refractivity contribution in [2.45, 2.75) is 44.2 Å². The average Bonchev–Trinajstić information content (AvgIpc) is 3.14. The second kappa shape index (κ2) is 6.61. The molecule has 2 atom stereocenters. The van der Waals surface area contributed by atoms with Crippen molar-refractivity contribution in [3.8, 4) is 11.3 Å². The normalized spacial score (nSPS) is 25.6. The molecule has 2 bridgehead atoms. The van der Waals surface area contributed by atoms with Gasteiger partial charge in [-0.2, -0.15) is 0 Å². The molecule has 4 rings (SSSR count). The fourth-order valence-corrected chi connectivity index (χ4v) is 4.62. The molecule has 2 aliphatic heterocycles. The number of halogens is 1. The second-order valence-electron chi connectivity index (χ2n) is 6.78. The van der Waals surface area contributed by atoms with Crippen LogP contribution in [0.25, 0.3) is 11.3 Å². The first-order chi connectivity index (χ1) is 11.7. The first-order valence-corrected chi connectivity index (χ1v) is 9.31. The van der Waals surface area contributed by atoms with Crippen molar-refractivity contribution in [3.63, 3.8) is 0 Å². The third kappa shape index (κ3) is 3.49. The molecule has 6 heteroatoms. The molecule has 0 aliphatic carbocycles. The number of thiazole rings is 1. The molecule has 2 aromatic rings. The number of amides is 1. The number of piperidine rings is 1. The Balaban J connectivity index is 1.36. The number of hydrogen-bond donors (Lipinski definition) is 2. The molecular weight excluding hydrogens is 325 g/mol. The summed E-state index contributed by atoms with van der Waals surface area (Å²) in [5, 5.41) is 8.92. The Morgan fingerprint density at radius 3 is 2.88 bits per heavy atom. The molecule has 2 fully saturated rings. The van der Waals surface area contributed by atoms with E-state index in [0.29, 0.717) is 35.2 Å². The number of rotatable bonds is 4. The molecule has 1 amide bonds. The monoisotopic (exact) mass is 345 g/mol. The van der Waals surface area contributed by atoms with E-state index in [1.807, 2.05) is 11.4 Å². The molecule has 2 saturated heterocycles. The van der Waals surface area contributed by atoms with Crippen LogP contribution < -0.4 is 10.6 Å². The predicted molar refractivity (Wildman–Crippen MR) is 93.4 cm³/mol. The highest BCUT2D eigenvalue weighted by Gasteiger charge is 2.34. The van der Waals surface area contributed by atoms with Gasteiger partial charge < -0.3 is 10.6 Å². The quantitative estimate of drug-likeness (QED) is 0.886. The number of benzene rings is 1. The van der Waals surface area contributed by atoms with Gasteiger partial charge in [0.2, 0.25) is 5.91 Å². The molecule has 2 unspecified atom stereocenters. The third-order valence-electron chi connectivity index (χ3n) is 4.92. The minimum absolute atomic E-state index is 0.0291. The summed E-state index contributed by atoms with van der Waals surface area (Å²) in [6.45, 7) is 0. The molecule has 0 spiro atoms. The van der Waals surface area contributed by atoms with E-state index in [-0.39, 0.29) is 11.7 Å². The molecule has 24 heavy (non-hydrogen) atoms. The van der Waals surface area contributed by atoms with Crippen molar-refractivity contribution in [3.05, 3.63) is 35.5 Å². The third-order valence-corrected chi connectivity index (χ3v) is 5.67. The van der Waals surface area contributed by atoms with Gasteiger partial charge in [-0.3, -0.25) is 4.79 Å². The number of carbonyl (C=O) groups excluding carboxylic acids is 1. The Morgan fingerprint density at radius 1 is 1.33 bits per heavy atom. The zero-order chi connectivity index (χ0) is 16.5. The number of fused-ring (bicyclic) bond motifs is 2. The molecule has 2 aliphatic rings. The topological polar surface area (TPSA) is 54.0 Å². The number of carbonyl (C=O) groups is 1. The fourth-order valence-electron chi connectivity index (χ4n) is 3.89. The maximum atomic E-state index is 13.3. The predicted octanol–water partition coefficient (Wildman–Crippen LogP) is 3.81. The maximum absolute atomic E-state index is 13.3. The minimum Gasteiger partial charge on any atom is -0.311 e. The molecular formula is C18H20FN3OS. The molecule has 1 aromatic carbocycles. The van der Waals surface area contributed by atoms with E-state index in [1.54, 1.807) is 6.07 Å². The van der Waals surface area contributed by atoms with Crippen LogP contribution in [0.15, 0.2) is 29.6 Å². The lowest BCUT2D eigenvalue weighted by molar-refractivity contribution is -0.117. The number of aromatic nitrogens is 1. The van der Waals surface area contributed by atoms with Gasteiger partial charge in [0.1, 0.15) is 5.82 Å². The first-order valence-electron chi connectivity index (χ1n) is 8.43. The van der Waals surface area contributed by atoms with Crippen molar-refractivity contribution in [2.75, 3.05) is 5.32 Å². The van der Waals surface area contributed by atoms with Crippen LogP contribution in [-0.4, -0.2) is 23.0 Å². The molecule has 2 N–H and O–H groups in total. The summed E-state index contributed by atoms with van der Waals surface area (Å²) in [7, 11) is 0. The largest absolute Gasteiger partial charge is 0.311 e. The summed E-state index contributed by atoms with van der Waals surface area (Å²) in [6.07, 6.45) is 5.23. The number of nitrogens with one attached hydrogen (secondary N) is 2. The van der Waals surface area contributed by atoms with Gasteiger partial charge in [0.05, 0.1) is 5.69 Å². The SMILES string of the molecule is O=C(CC1CC2CCC(C1)N2)Nc1nc(-c2cccc(F)c2)cs1. The second-order valence-corrected chi connectivity index (χ2v) is 7.63. The summed E-state index contributed by atoms with van der Waals surface area (Å²) >= 11 is 1.38. The van der Waals surface area contributed by atoms with E-state index in [4.69, 9.17) is 0 Å². The molecule has 0 radical (unpaired) electrons. The Morgan fingerprint density at radius 2 is 2.12 bits per heavy atom. The maximum Gasteiger partial charge on any atom is 0.226 e. The van der Waals surface area contributed by atoms with Crippen LogP contribution in [0.3, 0.4) is 0 Å². The van der Waals surface area contributed by atoms with Gasteiger partial charge in [0.25, 0.3) is 0 Å². The van der Waals surface area contributed by atoms with Crippen molar-refractivity contribution in [1.82, 2.24) is 10.3 Å². The fraction of sp³-hybridized carbons (Fsp3) is 0.444. The smallest absolute Gasteiger partial charge is 0.226 e.